The summed E-state index contributed by atoms with van der Waals surface area (Å²) >= 11 is 4.99. The Hall–Kier alpha value is -1.78. The van der Waals surface area contributed by atoms with Gasteiger partial charge in [0.25, 0.3) is 0 Å². The molecule has 2 aliphatic rings. The fourth-order valence-electron chi connectivity index (χ4n) is 3.24. The van der Waals surface area contributed by atoms with E-state index in [9.17, 15) is 4.79 Å². The van der Waals surface area contributed by atoms with E-state index in [2.05, 4.69) is 31.6 Å². The molecule has 1 aromatic carbocycles. The first-order valence-corrected chi connectivity index (χ1v) is 10.3. The molecule has 1 amide bonds. The number of hydrogen-bond acceptors (Lipinski definition) is 7. The third kappa shape index (κ3) is 3.53. The largest absolute Gasteiger partial charge is 0.496 e. The molecule has 8 nitrogen and oxygen atoms in total. The van der Waals surface area contributed by atoms with Crippen molar-refractivity contribution >= 4 is 33.6 Å². The standard InChI is InChI=1S/C17H20BrN5O3S/c1-10-19-20-17-23(10)21-14(11-3-4-13(25-2)12(18)9-11)15(27-17)16(24)22-5-7-26-8-6-22/h3-4,9,14-15,21H,5-8H2,1-2H3. The molecular formula is C17H20BrN5O3S. The Bertz CT molecular complexity index is 855. The number of halogens is 1. The quantitative estimate of drug-likeness (QED) is 0.760. The minimum absolute atomic E-state index is 0.0830. The highest BCUT2D eigenvalue weighted by Gasteiger charge is 2.39. The Morgan fingerprint density at radius 1 is 1.37 bits per heavy atom. The Balaban J connectivity index is 1.69. The number of aryl methyl sites for hydroxylation is 1. The zero-order valence-corrected chi connectivity index (χ0v) is 17.4. The second-order valence-corrected chi connectivity index (χ2v) is 8.31. The van der Waals surface area contributed by atoms with Crippen LogP contribution in [0.3, 0.4) is 0 Å². The number of rotatable bonds is 3. The van der Waals surface area contributed by atoms with Crippen LogP contribution < -0.4 is 10.2 Å². The van der Waals surface area contributed by atoms with Crippen LogP contribution >= 0.6 is 27.7 Å². The van der Waals surface area contributed by atoms with E-state index < -0.39 is 0 Å². The molecule has 0 saturated carbocycles. The van der Waals surface area contributed by atoms with E-state index in [0.29, 0.717) is 31.5 Å². The van der Waals surface area contributed by atoms with Crippen molar-refractivity contribution < 1.29 is 14.3 Å². The second kappa shape index (κ2) is 7.69. The molecule has 0 bridgehead atoms. The molecule has 2 aromatic rings. The van der Waals surface area contributed by atoms with Crippen molar-refractivity contribution in [3.05, 3.63) is 34.1 Å². The topological polar surface area (TPSA) is 81.5 Å². The summed E-state index contributed by atoms with van der Waals surface area (Å²) in [5.74, 6) is 1.59. The molecule has 0 aliphatic carbocycles. The number of ether oxygens (including phenoxy) is 2. The summed E-state index contributed by atoms with van der Waals surface area (Å²) in [6, 6.07) is 5.64. The summed E-state index contributed by atoms with van der Waals surface area (Å²) in [5, 5.41) is 8.68. The minimum atomic E-state index is -0.348. The maximum Gasteiger partial charge on any atom is 0.238 e. The molecule has 1 fully saturated rings. The van der Waals surface area contributed by atoms with Crippen LogP contribution in [0, 0.1) is 6.92 Å². The number of hydrogen-bond donors (Lipinski definition) is 1. The van der Waals surface area contributed by atoms with Crippen molar-refractivity contribution in [2.75, 3.05) is 38.8 Å². The van der Waals surface area contributed by atoms with Crippen LogP contribution in [0.25, 0.3) is 0 Å². The van der Waals surface area contributed by atoms with Gasteiger partial charge in [-0.3, -0.25) is 4.79 Å². The summed E-state index contributed by atoms with van der Waals surface area (Å²) in [4.78, 5) is 15.1. The number of aromatic nitrogens is 3. The average Bonchev–Trinajstić information content (AvgIpc) is 3.07. The zero-order chi connectivity index (χ0) is 19.0. The monoisotopic (exact) mass is 453 g/mol. The lowest BCUT2D eigenvalue weighted by atomic mass is 10.0. The van der Waals surface area contributed by atoms with Crippen LogP contribution in [0.4, 0.5) is 0 Å². The second-order valence-electron chi connectivity index (χ2n) is 6.34. The number of methoxy groups -OCH3 is 1. The number of carbonyl (C=O) groups is 1. The predicted molar refractivity (Wildman–Crippen MR) is 105 cm³/mol. The van der Waals surface area contributed by atoms with Crippen molar-refractivity contribution in [2.45, 2.75) is 23.4 Å². The first kappa shape index (κ1) is 18.6. The number of amides is 1. The van der Waals surface area contributed by atoms with Crippen LogP contribution in [0.5, 0.6) is 5.75 Å². The molecule has 2 aliphatic heterocycles. The van der Waals surface area contributed by atoms with Crippen molar-refractivity contribution in [2.24, 2.45) is 0 Å². The molecule has 3 heterocycles. The Morgan fingerprint density at radius 3 is 2.85 bits per heavy atom. The number of morpholine rings is 1. The third-order valence-corrected chi connectivity index (χ3v) is 6.52. The summed E-state index contributed by atoms with van der Waals surface area (Å²) in [6.07, 6.45) is 0. The van der Waals surface area contributed by atoms with E-state index in [0.717, 1.165) is 21.6 Å². The first-order chi connectivity index (χ1) is 13.1. The summed E-state index contributed by atoms with van der Waals surface area (Å²) in [7, 11) is 1.63. The highest BCUT2D eigenvalue weighted by Crippen LogP contribution is 2.39. The van der Waals surface area contributed by atoms with Gasteiger partial charge >= 0.3 is 0 Å². The van der Waals surface area contributed by atoms with Crippen LogP contribution in [-0.4, -0.2) is 64.3 Å². The van der Waals surface area contributed by atoms with Gasteiger partial charge in [-0.05, 0) is 40.5 Å². The minimum Gasteiger partial charge on any atom is -0.496 e. The van der Waals surface area contributed by atoms with E-state index in [1.165, 1.54) is 11.8 Å². The molecule has 2 atom stereocenters. The highest BCUT2D eigenvalue weighted by atomic mass is 79.9. The van der Waals surface area contributed by atoms with Crippen LogP contribution in [0.15, 0.2) is 27.8 Å². The summed E-state index contributed by atoms with van der Waals surface area (Å²) in [5.41, 5.74) is 4.41. The molecule has 144 valence electrons. The SMILES string of the molecule is COc1ccc(C2Nn3c(C)nnc3SC2C(=O)N2CCOCC2)cc1Br. The maximum atomic E-state index is 13.3. The van der Waals surface area contributed by atoms with Gasteiger partial charge < -0.3 is 19.8 Å². The number of fused-ring (bicyclic) bond motifs is 1. The predicted octanol–water partition coefficient (Wildman–Crippen LogP) is 1.98. The Kier molecular flexibility index (Phi) is 5.29. The van der Waals surface area contributed by atoms with E-state index >= 15 is 0 Å². The van der Waals surface area contributed by atoms with E-state index in [1.807, 2.05) is 34.7 Å². The number of nitrogens with one attached hydrogen (secondary N) is 1. The average molecular weight is 454 g/mol. The van der Waals surface area contributed by atoms with Gasteiger partial charge in [-0.15, -0.1) is 10.2 Å². The number of thioether (sulfide) groups is 1. The van der Waals surface area contributed by atoms with Gasteiger partial charge in [-0.2, -0.15) is 0 Å². The first-order valence-electron chi connectivity index (χ1n) is 8.63. The molecule has 1 saturated heterocycles. The van der Waals surface area contributed by atoms with Crippen LogP contribution in [0.2, 0.25) is 0 Å². The van der Waals surface area contributed by atoms with Gasteiger partial charge in [0.1, 0.15) is 16.8 Å². The van der Waals surface area contributed by atoms with Gasteiger partial charge in [0, 0.05) is 13.1 Å². The molecule has 0 radical (unpaired) electrons. The Labute approximate surface area is 169 Å². The van der Waals surface area contributed by atoms with Crippen LogP contribution in [0.1, 0.15) is 17.4 Å². The van der Waals surface area contributed by atoms with Gasteiger partial charge in [0.05, 0.1) is 30.8 Å². The number of benzene rings is 1. The smallest absolute Gasteiger partial charge is 0.238 e. The van der Waals surface area contributed by atoms with Gasteiger partial charge in [-0.25, -0.2) is 4.68 Å². The zero-order valence-electron chi connectivity index (χ0n) is 15.0. The van der Waals surface area contributed by atoms with E-state index in [1.54, 1.807) is 7.11 Å². The molecule has 27 heavy (non-hydrogen) atoms. The number of carbonyl (C=O) groups excluding carboxylic acids is 1. The lowest BCUT2D eigenvalue weighted by Crippen LogP contribution is -2.49. The fourth-order valence-corrected chi connectivity index (χ4v) is 5.01. The normalized spacial score (nSPS) is 22.1. The van der Waals surface area contributed by atoms with Crippen molar-refractivity contribution in [1.82, 2.24) is 19.8 Å². The van der Waals surface area contributed by atoms with E-state index in [-0.39, 0.29) is 17.2 Å². The lowest BCUT2D eigenvalue weighted by molar-refractivity contribution is -0.135. The highest BCUT2D eigenvalue weighted by molar-refractivity contribution is 9.10. The molecule has 1 aromatic heterocycles. The van der Waals surface area contributed by atoms with Crippen LogP contribution in [-0.2, 0) is 9.53 Å². The van der Waals surface area contributed by atoms with Gasteiger partial charge in [0.2, 0.25) is 11.1 Å². The summed E-state index contributed by atoms with van der Waals surface area (Å²) < 4.78 is 13.4. The third-order valence-electron chi connectivity index (χ3n) is 4.70. The molecule has 1 N–H and O–H groups in total. The molecular weight excluding hydrogens is 434 g/mol. The van der Waals surface area contributed by atoms with Crippen molar-refractivity contribution in [1.29, 1.82) is 0 Å². The number of nitrogens with zero attached hydrogens (tertiary/aromatic N) is 4. The Morgan fingerprint density at radius 2 is 2.15 bits per heavy atom. The van der Waals surface area contributed by atoms with Crippen molar-refractivity contribution in [3.63, 3.8) is 0 Å². The summed E-state index contributed by atoms with van der Waals surface area (Å²) in [6.45, 7) is 4.26. The molecule has 2 unspecified atom stereocenters. The molecule has 4 rings (SSSR count). The molecule has 0 spiro atoms. The van der Waals surface area contributed by atoms with Gasteiger partial charge in [0.15, 0.2) is 0 Å². The lowest BCUT2D eigenvalue weighted by Gasteiger charge is -2.37. The van der Waals surface area contributed by atoms with Gasteiger partial charge in [-0.1, -0.05) is 17.8 Å². The fraction of sp³-hybridized carbons (Fsp3) is 0.471. The molecule has 10 heteroatoms. The van der Waals surface area contributed by atoms with Crippen molar-refractivity contribution in [3.8, 4) is 5.75 Å². The maximum absolute atomic E-state index is 13.3. The van der Waals surface area contributed by atoms with E-state index in [4.69, 9.17) is 9.47 Å².